The van der Waals surface area contributed by atoms with E-state index in [1.807, 2.05) is 6.08 Å². The third-order valence-corrected chi connectivity index (χ3v) is 8.34. The molecule has 3 nitrogen and oxygen atoms in total. The largest absolute Gasteiger partial charge is 0.359 e. The average molecular weight is 332 g/mol. The van der Waals surface area contributed by atoms with E-state index >= 15 is 0 Å². The van der Waals surface area contributed by atoms with Crippen molar-refractivity contribution < 1.29 is 14.3 Å². The van der Waals surface area contributed by atoms with Gasteiger partial charge in [-0.1, -0.05) is 19.9 Å². The lowest BCUT2D eigenvalue weighted by Crippen LogP contribution is -2.53. The van der Waals surface area contributed by atoms with Crippen molar-refractivity contribution >= 4 is 5.78 Å². The predicted molar refractivity (Wildman–Crippen MR) is 93.4 cm³/mol. The number of ketones is 1. The van der Waals surface area contributed by atoms with Crippen LogP contribution in [0.5, 0.6) is 0 Å². The molecular weight excluding hydrogens is 300 g/mol. The number of methoxy groups -OCH3 is 1. The SMILES string of the molecule is COCO[C@H]1CC[C@H]2[C@@H]3CC[C@H]4CC(=O)C=C[C@]4(C)[C@H]3CC[C@]12C. The Hall–Kier alpha value is -0.670. The Kier molecular flexibility index (Phi) is 4.16. The number of rotatable bonds is 3. The zero-order valence-electron chi connectivity index (χ0n) is 15.4. The van der Waals surface area contributed by atoms with Crippen molar-refractivity contribution in [3.8, 4) is 0 Å². The van der Waals surface area contributed by atoms with Gasteiger partial charge in [0.15, 0.2) is 5.78 Å². The molecule has 3 saturated carbocycles. The molecule has 0 radical (unpaired) electrons. The summed E-state index contributed by atoms with van der Waals surface area (Å²) in [5, 5.41) is 0. The highest BCUT2D eigenvalue weighted by Gasteiger charge is 2.59. The number of hydrogen-bond acceptors (Lipinski definition) is 3. The van der Waals surface area contributed by atoms with Crippen molar-refractivity contribution in [2.45, 2.75) is 64.9 Å². The predicted octanol–water partition coefficient (Wildman–Crippen LogP) is 4.36. The van der Waals surface area contributed by atoms with Gasteiger partial charge in [0.2, 0.25) is 0 Å². The molecule has 4 rings (SSSR count). The quantitative estimate of drug-likeness (QED) is 0.720. The molecule has 134 valence electrons. The van der Waals surface area contributed by atoms with E-state index in [-0.39, 0.29) is 5.41 Å². The number of hydrogen-bond donors (Lipinski definition) is 0. The monoisotopic (exact) mass is 332 g/mol. The minimum absolute atomic E-state index is 0.240. The summed E-state index contributed by atoms with van der Waals surface area (Å²) in [6, 6.07) is 0. The molecule has 0 heterocycles. The lowest BCUT2D eigenvalue weighted by atomic mass is 9.46. The van der Waals surface area contributed by atoms with E-state index in [2.05, 4.69) is 19.9 Å². The van der Waals surface area contributed by atoms with Gasteiger partial charge in [-0.15, -0.1) is 0 Å². The fourth-order valence-electron chi connectivity index (χ4n) is 7.01. The maximum Gasteiger partial charge on any atom is 0.155 e. The van der Waals surface area contributed by atoms with Gasteiger partial charge in [0.1, 0.15) is 6.79 Å². The Morgan fingerprint density at radius 2 is 1.96 bits per heavy atom. The second-order valence-corrected chi connectivity index (χ2v) is 9.20. The van der Waals surface area contributed by atoms with Crippen LogP contribution in [0.25, 0.3) is 0 Å². The molecular formula is C21H32O3. The van der Waals surface area contributed by atoms with Crippen LogP contribution in [0, 0.1) is 34.5 Å². The molecule has 0 N–H and O–H groups in total. The third kappa shape index (κ3) is 2.34. The fraction of sp³-hybridized carbons (Fsp3) is 0.857. The summed E-state index contributed by atoms with van der Waals surface area (Å²) in [5.74, 6) is 3.24. The van der Waals surface area contributed by atoms with Gasteiger partial charge in [0.05, 0.1) is 6.10 Å². The molecule has 7 atom stereocenters. The summed E-state index contributed by atoms with van der Waals surface area (Å²) in [6.07, 6.45) is 12.9. The smallest absolute Gasteiger partial charge is 0.155 e. The highest BCUT2D eigenvalue weighted by Crippen LogP contribution is 2.65. The molecule has 3 fully saturated rings. The van der Waals surface area contributed by atoms with Crippen LogP contribution in [0.1, 0.15) is 58.8 Å². The molecule has 0 saturated heterocycles. The number of ether oxygens (including phenoxy) is 2. The van der Waals surface area contributed by atoms with E-state index in [0.29, 0.717) is 30.0 Å². The van der Waals surface area contributed by atoms with Crippen LogP contribution in [0.15, 0.2) is 12.2 Å². The Balaban J connectivity index is 1.58. The second kappa shape index (κ2) is 5.95. The molecule has 0 spiro atoms. The van der Waals surface area contributed by atoms with E-state index in [4.69, 9.17) is 9.47 Å². The molecule has 4 aliphatic rings. The molecule has 24 heavy (non-hydrogen) atoms. The Morgan fingerprint density at radius 1 is 1.12 bits per heavy atom. The van der Waals surface area contributed by atoms with Crippen LogP contribution in [0.4, 0.5) is 0 Å². The zero-order chi connectivity index (χ0) is 16.9. The van der Waals surface area contributed by atoms with Gasteiger partial charge in [0, 0.05) is 13.5 Å². The topological polar surface area (TPSA) is 35.5 Å². The van der Waals surface area contributed by atoms with Gasteiger partial charge in [-0.05, 0) is 79.1 Å². The van der Waals surface area contributed by atoms with E-state index < -0.39 is 0 Å². The Bertz CT molecular complexity index is 541. The van der Waals surface area contributed by atoms with E-state index in [0.717, 1.165) is 24.2 Å². The van der Waals surface area contributed by atoms with Crippen molar-refractivity contribution in [1.29, 1.82) is 0 Å². The van der Waals surface area contributed by atoms with Gasteiger partial charge in [-0.2, -0.15) is 0 Å². The van der Waals surface area contributed by atoms with Crippen molar-refractivity contribution in [2.24, 2.45) is 34.5 Å². The summed E-state index contributed by atoms with van der Waals surface area (Å²) in [7, 11) is 1.71. The minimum Gasteiger partial charge on any atom is -0.359 e. The molecule has 0 amide bonds. The number of carbonyl (C=O) groups excluding carboxylic acids is 1. The molecule has 0 aromatic carbocycles. The standard InChI is InChI=1S/C21H32O3/c1-20-10-8-15(22)12-14(20)4-5-16-17-6-7-19(24-13-23-3)21(17,2)11-9-18(16)20/h8,10,14,16-19H,4-7,9,11-13H2,1-3H3/t14-,16-,17-,18-,19-,20-,21-/m0/s1. The van der Waals surface area contributed by atoms with Crippen LogP contribution >= 0.6 is 0 Å². The van der Waals surface area contributed by atoms with Gasteiger partial charge >= 0.3 is 0 Å². The van der Waals surface area contributed by atoms with Crippen LogP contribution in [-0.4, -0.2) is 25.8 Å². The third-order valence-electron chi connectivity index (χ3n) is 8.34. The normalized spacial score (nSPS) is 50.3. The molecule has 0 unspecified atom stereocenters. The molecule has 3 heteroatoms. The number of carbonyl (C=O) groups is 1. The first-order chi connectivity index (χ1) is 11.5. The van der Waals surface area contributed by atoms with Gasteiger partial charge in [0.25, 0.3) is 0 Å². The molecule has 0 aliphatic heterocycles. The number of fused-ring (bicyclic) bond motifs is 5. The maximum absolute atomic E-state index is 11.9. The Labute approximate surface area is 146 Å². The van der Waals surface area contributed by atoms with E-state index in [1.165, 1.54) is 38.5 Å². The summed E-state index contributed by atoms with van der Waals surface area (Å²) in [5.41, 5.74) is 0.556. The highest BCUT2D eigenvalue weighted by atomic mass is 16.7. The van der Waals surface area contributed by atoms with Gasteiger partial charge in [-0.3, -0.25) is 4.79 Å². The summed E-state index contributed by atoms with van der Waals surface area (Å²) in [4.78, 5) is 11.9. The van der Waals surface area contributed by atoms with Crippen LogP contribution in [0.2, 0.25) is 0 Å². The summed E-state index contributed by atoms with van der Waals surface area (Å²) < 4.78 is 11.2. The Morgan fingerprint density at radius 3 is 2.75 bits per heavy atom. The molecule has 0 aromatic heterocycles. The molecule has 0 bridgehead atoms. The first kappa shape index (κ1) is 16.8. The van der Waals surface area contributed by atoms with Gasteiger partial charge in [-0.25, -0.2) is 0 Å². The average Bonchev–Trinajstić information content (AvgIpc) is 2.90. The summed E-state index contributed by atoms with van der Waals surface area (Å²) in [6.45, 7) is 5.33. The second-order valence-electron chi connectivity index (χ2n) is 9.20. The van der Waals surface area contributed by atoms with Crippen molar-refractivity contribution in [3.05, 3.63) is 12.2 Å². The molecule has 0 aromatic rings. The van der Waals surface area contributed by atoms with Crippen molar-refractivity contribution in [1.82, 2.24) is 0 Å². The van der Waals surface area contributed by atoms with Crippen LogP contribution < -0.4 is 0 Å². The first-order valence-corrected chi connectivity index (χ1v) is 9.81. The molecule has 4 aliphatic carbocycles. The number of allylic oxidation sites excluding steroid dienone is 2. The fourth-order valence-corrected chi connectivity index (χ4v) is 7.01. The summed E-state index contributed by atoms with van der Waals surface area (Å²) >= 11 is 0. The van der Waals surface area contributed by atoms with Crippen LogP contribution in [0.3, 0.4) is 0 Å². The van der Waals surface area contributed by atoms with E-state index in [9.17, 15) is 4.79 Å². The lowest BCUT2D eigenvalue weighted by molar-refractivity contribution is -0.145. The highest BCUT2D eigenvalue weighted by molar-refractivity contribution is 5.91. The van der Waals surface area contributed by atoms with Gasteiger partial charge < -0.3 is 9.47 Å². The minimum atomic E-state index is 0.240. The van der Waals surface area contributed by atoms with E-state index in [1.54, 1.807) is 7.11 Å². The first-order valence-electron chi connectivity index (χ1n) is 9.81. The van der Waals surface area contributed by atoms with Crippen molar-refractivity contribution in [2.75, 3.05) is 13.9 Å². The maximum atomic E-state index is 11.9. The van der Waals surface area contributed by atoms with Crippen molar-refractivity contribution in [3.63, 3.8) is 0 Å². The zero-order valence-corrected chi connectivity index (χ0v) is 15.4. The lowest BCUT2D eigenvalue weighted by Gasteiger charge is -2.58. The van der Waals surface area contributed by atoms with Crippen LogP contribution in [-0.2, 0) is 14.3 Å².